The van der Waals surface area contributed by atoms with E-state index in [9.17, 15) is 4.79 Å². The maximum absolute atomic E-state index is 13.1. The second kappa shape index (κ2) is 11.2. The van der Waals surface area contributed by atoms with E-state index < -0.39 is 0 Å². The molecule has 1 amide bonds. The van der Waals surface area contributed by atoms with E-state index >= 15 is 0 Å². The van der Waals surface area contributed by atoms with Gasteiger partial charge in [-0.05, 0) is 61.2 Å². The van der Waals surface area contributed by atoms with Gasteiger partial charge in [0.05, 0.1) is 17.2 Å². The summed E-state index contributed by atoms with van der Waals surface area (Å²) in [5.74, 6) is 1.28. The Kier molecular flexibility index (Phi) is 8.08. The Hall–Kier alpha value is -2.90. The van der Waals surface area contributed by atoms with E-state index in [0.29, 0.717) is 28.3 Å². The van der Waals surface area contributed by atoms with Crippen molar-refractivity contribution < 1.29 is 9.53 Å². The van der Waals surface area contributed by atoms with E-state index in [-0.39, 0.29) is 5.91 Å². The molecule has 3 aromatic rings. The summed E-state index contributed by atoms with van der Waals surface area (Å²) >= 11 is 6.87. The number of hydrogen-bond donors (Lipinski definition) is 0. The number of thioether (sulfide) groups is 1. The Morgan fingerprint density at radius 2 is 1.94 bits per heavy atom. The molecule has 2 aromatic carbocycles. The summed E-state index contributed by atoms with van der Waals surface area (Å²) in [6.45, 7) is 9.77. The third-order valence-electron chi connectivity index (χ3n) is 5.70. The zero-order valence-corrected chi connectivity index (χ0v) is 22.3. The molecule has 2 heterocycles. The monoisotopic (exact) mass is 505 g/mol. The first-order valence-electron chi connectivity index (χ1n) is 12.0. The SMILES string of the molecule is CCCCN1C(=O)C(=Cc2cn(-c3ccccc3)nc2-c2ccc(OCC(C)C)cc2C)SC1=S. The Bertz CT molecular complexity index is 1250. The number of hydrogen-bond acceptors (Lipinski definition) is 5. The van der Waals surface area contributed by atoms with Gasteiger partial charge < -0.3 is 4.74 Å². The van der Waals surface area contributed by atoms with Crippen LogP contribution in [0.2, 0.25) is 0 Å². The predicted molar refractivity (Wildman–Crippen MR) is 149 cm³/mol. The van der Waals surface area contributed by atoms with Crippen LogP contribution >= 0.6 is 24.0 Å². The number of thiocarbonyl (C=S) groups is 1. The van der Waals surface area contributed by atoms with Crippen molar-refractivity contribution >= 4 is 40.3 Å². The average molecular weight is 506 g/mol. The summed E-state index contributed by atoms with van der Waals surface area (Å²) in [5, 5.41) is 4.93. The highest BCUT2D eigenvalue weighted by Crippen LogP contribution is 2.36. The van der Waals surface area contributed by atoms with Crippen LogP contribution in [0.15, 0.2) is 59.6 Å². The Balaban J connectivity index is 1.74. The number of benzene rings is 2. The Morgan fingerprint density at radius 3 is 2.63 bits per heavy atom. The molecule has 0 spiro atoms. The van der Waals surface area contributed by atoms with E-state index in [1.54, 1.807) is 4.90 Å². The lowest BCUT2D eigenvalue weighted by Gasteiger charge is -2.13. The molecule has 7 heteroatoms. The fourth-order valence-electron chi connectivity index (χ4n) is 3.82. The third-order valence-corrected chi connectivity index (χ3v) is 7.07. The van der Waals surface area contributed by atoms with Gasteiger partial charge >= 0.3 is 0 Å². The van der Waals surface area contributed by atoms with E-state index in [1.807, 2.05) is 65.5 Å². The van der Waals surface area contributed by atoms with Crippen molar-refractivity contribution in [1.29, 1.82) is 0 Å². The van der Waals surface area contributed by atoms with E-state index in [1.165, 1.54) is 11.8 Å². The van der Waals surface area contributed by atoms with Crippen molar-refractivity contribution in [3.63, 3.8) is 0 Å². The summed E-state index contributed by atoms with van der Waals surface area (Å²) in [6, 6.07) is 16.1. The van der Waals surface area contributed by atoms with Crippen LogP contribution in [-0.4, -0.2) is 38.1 Å². The summed E-state index contributed by atoms with van der Waals surface area (Å²) in [6.07, 6.45) is 5.85. The topological polar surface area (TPSA) is 47.4 Å². The molecule has 0 saturated carbocycles. The van der Waals surface area contributed by atoms with Crippen LogP contribution in [0.1, 0.15) is 44.7 Å². The highest BCUT2D eigenvalue weighted by atomic mass is 32.2. The first kappa shape index (κ1) is 25.2. The third kappa shape index (κ3) is 5.85. The molecule has 35 heavy (non-hydrogen) atoms. The Morgan fingerprint density at radius 1 is 1.17 bits per heavy atom. The standard InChI is InChI=1S/C28H31N3O2S2/c1-5-6-14-30-27(32)25(35-28(30)34)16-21-17-31(22-10-8-7-9-11-22)29-26(21)24-13-12-23(15-20(24)4)33-18-19(2)3/h7-13,15-17,19H,5-6,14,18H2,1-4H3. The summed E-state index contributed by atoms with van der Waals surface area (Å²) in [7, 11) is 0. The molecular weight excluding hydrogens is 474 g/mol. The first-order chi connectivity index (χ1) is 16.9. The largest absolute Gasteiger partial charge is 0.493 e. The van der Waals surface area contributed by atoms with Crippen LogP contribution in [0.4, 0.5) is 0 Å². The minimum Gasteiger partial charge on any atom is -0.493 e. The number of rotatable bonds is 9. The van der Waals surface area contributed by atoms with Crippen molar-refractivity contribution in [2.45, 2.75) is 40.5 Å². The predicted octanol–water partition coefficient (Wildman–Crippen LogP) is 6.88. The van der Waals surface area contributed by atoms with Gasteiger partial charge in [0.15, 0.2) is 0 Å². The first-order valence-corrected chi connectivity index (χ1v) is 13.2. The molecule has 5 nitrogen and oxygen atoms in total. The average Bonchev–Trinajstić information content (AvgIpc) is 3.37. The highest BCUT2D eigenvalue weighted by molar-refractivity contribution is 8.26. The van der Waals surface area contributed by atoms with Crippen molar-refractivity contribution in [1.82, 2.24) is 14.7 Å². The molecule has 1 aliphatic heterocycles. The van der Waals surface area contributed by atoms with Gasteiger partial charge in [0.2, 0.25) is 0 Å². The zero-order valence-electron chi connectivity index (χ0n) is 20.7. The van der Waals surface area contributed by atoms with Crippen LogP contribution in [0.3, 0.4) is 0 Å². The molecule has 4 rings (SSSR count). The smallest absolute Gasteiger partial charge is 0.266 e. The van der Waals surface area contributed by atoms with Crippen molar-refractivity contribution in [2.24, 2.45) is 5.92 Å². The maximum atomic E-state index is 13.1. The van der Waals surface area contributed by atoms with Crippen LogP contribution in [0.5, 0.6) is 5.75 Å². The van der Waals surface area contributed by atoms with Gasteiger partial charge in [0.1, 0.15) is 15.8 Å². The molecule has 0 aliphatic carbocycles. The lowest BCUT2D eigenvalue weighted by atomic mass is 10.0. The molecule has 0 unspecified atom stereocenters. The lowest BCUT2D eigenvalue weighted by Crippen LogP contribution is -2.28. The van der Waals surface area contributed by atoms with Crippen LogP contribution in [-0.2, 0) is 4.79 Å². The van der Waals surface area contributed by atoms with Crippen LogP contribution < -0.4 is 4.74 Å². The summed E-state index contributed by atoms with van der Waals surface area (Å²) < 4.78 is 8.40. The van der Waals surface area contributed by atoms with Crippen molar-refractivity contribution in [3.05, 3.63) is 70.8 Å². The zero-order chi connectivity index (χ0) is 24.9. The number of carbonyl (C=O) groups excluding carboxylic acids is 1. The second-order valence-corrected chi connectivity index (χ2v) is 10.8. The van der Waals surface area contributed by atoms with Gasteiger partial charge in [0.25, 0.3) is 5.91 Å². The number of amides is 1. The Labute approximate surface area is 217 Å². The molecular formula is C28H31N3O2S2. The van der Waals surface area contributed by atoms with Gasteiger partial charge in [-0.15, -0.1) is 0 Å². The van der Waals surface area contributed by atoms with E-state index in [2.05, 4.69) is 27.7 Å². The molecule has 0 atom stereocenters. The number of ether oxygens (including phenoxy) is 1. The number of nitrogens with zero attached hydrogens (tertiary/aromatic N) is 3. The minimum absolute atomic E-state index is 0.0268. The quantitative estimate of drug-likeness (QED) is 0.234. The summed E-state index contributed by atoms with van der Waals surface area (Å²) in [5.41, 5.74) is 4.72. The molecule has 1 fully saturated rings. The molecule has 1 aliphatic rings. The maximum Gasteiger partial charge on any atom is 0.266 e. The van der Waals surface area contributed by atoms with Gasteiger partial charge in [-0.3, -0.25) is 9.69 Å². The lowest BCUT2D eigenvalue weighted by molar-refractivity contribution is -0.122. The normalized spacial score (nSPS) is 15.0. The minimum atomic E-state index is -0.0268. The highest BCUT2D eigenvalue weighted by Gasteiger charge is 2.32. The number of unbranched alkanes of at least 4 members (excludes halogenated alkanes) is 1. The number of carbonyl (C=O) groups is 1. The van der Waals surface area contributed by atoms with Gasteiger partial charge in [-0.25, -0.2) is 4.68 Å². The van der Waals surface area contributed by atoms with Crippen molar-refractivity contribution in [3.8, 4) is 22.7 Å². The molecule has 182 valence electrons. The number of aryl methyl sites for hydroxylation is 1. The number of aromatic nitrogens is 2. The van der Waals surface area contributed by atoms with Crippen LogP contribution in [0.25, 0.3) is 23.0 Å². The van der Waals surface area contributed by atoms with Gasteiger partial charge in [-0.1, -0.05) is 69.4 Å². The fourth-order valence-corrected chi connectivity index (χ4v) is 5.12. The molecule has 0 bridgehead atoms. The molecule has 0 radical (unpaired) electrons. The fraction of sp³-hybridized carbons (Fsp3) is 0.321. The van der Waals surface area contributed by atoms with Gasteiger partial charge in [0, 0.05) is 23.9 Å². The van der Waals surface area contributed by atoms with Crippen molar-refractivity contribution in [2.75, 3.05) is 13.2 Å². The van der Waals surface area contributed by atoms with Crippen LogP contribution in [0, 0.1) is 12.8 Å². The van der Waals surface area contributed by atoms with E-state index in [0.717, 1.165) is 46.7 Å². The van der Waals surface area contributed by atoms with E-state index in [4.69, 9.17) is 22.1 Å². The molecule has 0 N–H and O–H groups in total. The number of para-hydroxylation sites is 1. The molecule has 1 saturated heterocycles. The van der Waals surface area contributed by atoms with Gasteiger partial charge in [-0.2, -0.15) is 5.10 Å². The second-order valence-electron chi connectivity index (χ2n) is 9.08. The molecule has 1 aromatic heterocycles. The summed E-state index contributed by atoms with van der Waals surface area (Å²) in [4.78, 5) is 15.4.